The summed E-state index contributed by atoms with van der Waals surface area (Å²) < 4.78 is 0. The lowest BCUT2D eigenvalue weighted by molar-refractivity contribution is 0.806. The van der Waals surface area contributed by atoms with E-state index >= 15 is 0 Å². The van der Waals surface area contributed by atoms with E-state index in [-0.39, 0.29) is 6.04 Å². The molecule has 2 N–H and O–H groups in total. The number of rotatable bonds is 1. The Kier molecular flexibility index (Phi) is 4.20. The molecule has 1 rings (SSSR count). The third-order valence-electron chi connectivity index (χ3n) is 2.42. The average Bonchev–Trinajstić information content (AvgIpc) is 2.21. The van der Waals surface area contributed by atoms with Crippen molar-refractivity contribution in [3.63, 3.8) is 0 Å². The topological polar surface area (TPSA) is 26.0 Å². The van der Waals surface area contributed by atoms with Crippen LogP contribution in [0.4, 0.5) is 0 Å². The minimum Gasteiger partial charge on any atom is -0.318 e. The molecule has 1 aromatic rings. The van der Waals surface area contributed by atoms with Crippen LogP contribution in [0.25, 0.3) is 0 Å². The molecule has 0 aliphatic carbocycles. The van der Waals surface area contributed by atoms with Crippen LogP contribution in [-0.4, -0.2) is 6.04 Å². The first-order chi connectivity index (χ1) is 7.04. The largest absolute Gasteiger partial charge is 0.318 e. The van der Waals surface area contributed by atoms with Crippen LogP contribution in [0.15, 0.2) is 12.1 Å². The molecule has 0 aromatic heterocycles. The number of halogens is 1. The number of aryl methyl sites for hydroxylation is 2. The lowest BCUT2D eigenvalue weighted by atomic mass is 10.1. The molecular weight excluding hydrogens is 206 g/mol. The van der Waals surface area contributed by atoms with Crippen LogP contribution in [0.3, 0.4) is 0 Å². The first-order valence-electron chi connectivity index (χ1n) is 5.08. The van der Waals surface area contributed by atoms with Gasteiger partial charge >= 0.3 is 0 Å². The van der Waals surface area contributed by atoms with Crippen LogP contribution in [0.5, 0.6) is 0 Å². The maximum Gasteiger partial charge on any atom is 0.0665 e. The number of hydrogen-bond acceptors (Lipinski definition) is 1. The minimum absolute atomic E-state index is 0.0670. The Morgan fingerprint density at radius 3 is 2.53 bits per heavy atom. The highest BCUT2D eigenvalue weighted by molar-refractivity contribution is 6.31. The van der Waals surface area contributed by atoms with E-state index in [1.807, 2.05) is 26.0 Å². The smallest absolute Gasteiger partial charge is 0.0665 e. The monoisotopic (exact) mass is 221 g/mol. The normalized spacial score (nSPS) is 11.8. The van der Waals surface area contributed by atoms with Crippen molar-refractivity contribution in [2.45, 2.75) is 33.2 Å². The van der Waals surface area contributed by atoms with Gasteiger partial charge < -0.3 is 5.73 Å². The fourth-order valence-corrected chi connectivity index (χ4v) is 1.41. The second kappa shape index (κ2) is 5.21. The van der Waals surface area contributed by atoms with Gasteiger partial charge in [0.1, 0.15) is 0 Å². The molecule has 0 bridgehead atoms. The third-order valence-corrected chi connectivity index (χ3v) is 2.73. The Hall–Kier alpha value is -0.970. The summed E-state index contributed by atoms with van der Waals surface area (Å²) in [6.45, 7) is 6.11. The molecule has 0 aliphatic rings. The molecule has 0 amide bonds. The molecule has 0 heterocycles. The van der Waals surface area contributed by atoms with E-state index in [0.717, 1.165) is 12.0 Å². The molecule has 80 valence electrons. The molecule has 15 heavy (non-hydrogen) atoms. The van der Waals surface area contributed by atoms with Gasteiger partial charge in [0, 0.05) is 5.56 Å². The fourth-order valence-electron chi connectivity index (χ4n) is 1.15. The predicted molar refractivity (Wildman–Crippen MR) is 66.1 cm³/mol. The molecule has 0 radical (unpaired) electrons. The molecular formula is C13H16ClN. The van der Waals surface area contributed by atoms with Gasteiger partial charge in [-0.2, -0.15) is 0 Å². The summed E-state index contributed by atoms with van der Waals surface area (Å²) in [5.74, 6) is 6.00. The van der Waals surface area contributed by atoms with E-state index < -0.39 is 0 Å². The summed E-state index contributed by atoms with van der Waals surface area (Å²) in [5, 5.41) is 0.703. The van der Waals surface area contributed by atoms with Gasteiger partial charge in [0.15, 0.2) is 0 Å². The number of nitrogens with two attached hydrogens (primary N) is 1. The van der Waals surface area contributed by atoms with Gasteiger partial charge in [-0.05, 0) is 43.5 Å². The molecule has 1 atom stereocenters. The summed E-state index contributed by atoms with van der Waals surface area (Å²) in [6.07, 6.45) is 0.857. The third kappa shape index (κ3) is 3.27. The highest BCUT2D eigenvalue weighted by Gasteiger charge is 2.00. The minimum atomic E-state index is -0.0670. The SMILES string of the molecule is CCC(N)C#Cc1cc(C)c(C)cc1Cl. The van der Waals surface area contributed by atoms with Gasteiger partial charge in [0.05, 0.1) is 11.1 Å². The van der Waals surface area contributed by atoms with Crippen molar-refractivity contribution in [2.75, 3.05) is 0 Å². The summed E-state index contributed by atoms with van der Waals surface area (Å²) in [4.78, 5) is 0. The van der Waals surface area contributed by atoms with Gasteiger partial charge in [-0.25, -0.2) is 0 Å². The van der Waals surface area contributed by atoms with Crippen molar-refractivity contribution in [1.82, 2.24) is 0 Å². The van der Waals surface area contributed by atoms with Gasteiger partial charge in [0.25, 0.3) is 0 Å². The van der Waals surface area contributed by atoms with Crippen molar-refractivity contribution in [2.24, 2.45) is 5.73 Å². The second-order valence-corrected chi connectivity index (χ2v) is 4.11. The molecule has 1 nitrogen and oxygen atoms in total. The summed E-state index contributed by atoms with van der Waals surface area (Å²) >= 11 is 6.08. The first kappa shape index (κ1) is 12.1. The van der Waals surface area contributed by atoms with Crippen molar-refractivity contribution in [3.05, 3.63) is 33.8 Å². The molecule has 1 unspecified atom stereocenters. The summed E-state index contributed by atoms with van der Waals surface area (Å²) in [6, 6.07) is 3.88. The van der Waals surface area contributed by atoms with E-state index in [1.165, 1.54) is 11.1 Å². The Balaban J connectivity index is 3.04. The van der Waals surface area contributed by atoms with Crippen LogP contribution in [-0.2, 0) is 0 Å². The van der Waals surface area contributed by atoms with E-state index in [9.17, 15) is 0 Å². The Labute approximate surface area is 96.6 Å². The molecule has 0 aliphatic heterocycles. The van der Waals surface area contributed by atoms with Crippen molar-refractivity contribution >= 4 is 11.6 Å². The van der Waals surface area contributed by atoms with Crippen molar-refractivity contribution in [3.8, 4) is 11.8 Å². The maximum absolute atomic E-state index is 6.08. The predicted octanol–water partition coefficient (Wildman–Crippen LogP) is 3.05. The Morgan fingerprint density at radius 1 is 1.33 bits per heavy atom. The molecule has 2 heteroatoms. The van der Waals surface area contributed by atoms with Gasteiger partial charge in [0.2, 0.25) is 0 Å². The molecule has 0 saturated carbocycles. The van der Waals surface area contributed by atoms with E-state index in [1.54, 1.807) is 0 Å². The zero-order valence-corrected chi connectivity index (χ0v) is 10.2. The molecule has 1 aromatic carbocycles. The number of hydrogen-bond donors (Lipinski definition) is 1. The van der Waals surface area contributed by atoms with Gasteiger partial charge in [-0.15, -0.1) is 0 Å². The van der Waals surface area contributed by atoms with Crippen molar-refractivity contribution in [1.29, 1.82) is 0 Å². The summed E-state index contributed by atoms with van der Waals surface area (Å²) in [5.41, 5.74) is 8.97. The van der Waals surface area contributed by atoms with E-state index in [2.05, 4.69) is 18.8 Å². The molecule has 0 fully saturated rings. The molecule has 0 spiro atoms. The van der Waals surface area contributed by atoms with E-state index in [4.69, 9.17) is 17.3 Å². The Morgan fingerprint density at radius 2 is 1.93 bits per heavy atom. The number of benzene rings is 1. The van der Waals surface area contributed by atoms with Gasteiger partial charge in [-0.1, -0.05) is 30.4 Å². The van der Waals surface area contributed by atoms with Crippen LogP contribution in [0.2, 0.25) is 5.02 Å². The molecule has 0 saturated heterocycles. The summed E-state index contributed by atoms with van der Waals surface area (Å²) in [7, 11) is 0. The standard InChI is InChI=1S/C13H16ClN/c1-4-12(15)6-5-11-7-9(2)10(3)8-13(11)14/h7-8,12H,4,15H2,1-3H3. The van der Waals surface area contributed by atoms with Gasteiger partial charge in [-0.3, -0.25) is 0 Å². The van der Waals surface area contributed by atoms with Crippen LogP contribution in [0, 0.1) is 25.7 Å². The maximum atomic E-state index is 6.08. The highest BCUT2D eigenvalue weighted by Crippen LogP contribution is 2.19. The lowest BCUT2D eigenvalue weighted by Gasteiger charge is -2.03. The quantitative estimate of drug-likeness (QED) is 0.725. The Bertz CT molecular complexity index is 413. The fraction of sp³-hybridized carbons (Fsp3) is 0.385. The van der Waals surface area contributed by atoms with Crippen molar-refractivity contribution < 1.29 is 0 Å². The zero-order chi connectivity index (χ0) is 11.4. The average molecular weight is 222 g/mol. The van der Waals surface area contributed by atoms with Crippen LogP contribution < -0.4 is 5.73 Å². The first-order valence-corrected chi connectivity index (χ1v) is 5.46. The highest BCUT2D eigenvalue weighted by atomic mass is 35.5. The zero-order valence-electron chi connectivity index (χ0n) is 9.39. The lowest BCUT2D eigenvalue weighted by Crippen LogP contribution is -2.15. The van der Waals surface area contributed by atoms with Crippen LogP contribution in [0.1, 0.15) is 30.0 Å². The van der Waals surface area contributed by atoms with Crippen LogP contribution >= 0.6 is 11.6 Å². The van der Waals surface area contributed by atoms with E-state index in [0.29, 0.717) is 5.02 Å². The second-order valence-electron chi connectivity index (χ2n) is 3.70.